The van der Waals surface area contributed by atoms with Crippen LogP contribution in [0.25, 0.3) is 0 Å². The van der Waals surface area contributed by atoms with Gasteiger partial charge in [0.1, 0.15) is 0 Å². The topological polar surface area (TPSA) is 38.1 Å². The molecule has 1 heterocycles. The van der Waals surface area contributed by atoms with Gasteiger partial charge >= 0.3 is 0 Å². The van der Waals surface area contributed by atoms with Crippen LogP contribution in [0.1, 0.15) is 25.6 Å². The van der Waals surface area contributed by atoms with Crippen molar-refractivity contribution >= 4 is 0 Å². The summed E-state index contributed by atoms with van der Waals surface area (Å²) in [6, 6.07) is 1.84. The quantitative estimate of drug-likeness (QED) is 0.693. The fourth-order valence-corrected chi connectivity index (χ4v) is 1.02. The molecule has 1 atom stereocenters. The molecule has 1 aromatic rings. The van der Waals surface area contributed by atoms with Gasteiger partial charge in [-0.1, -0.05) is 13.8 Å². The fourth-order valence-electron chi connectivity index (χ4n) is 1.02. The third kappa shape index (κ3) is 1.60. The van der Waals surface area contributed by atoms with E-state index < -0.39 is 6.10 Å². The smallest absolute Gasteiger partial charge is 0.0979 e. The SMILES string of the molecule is CC(C)C(O)c1ccnn1C. The van der Waals surface area contributed by atoms with Crippen molar-refractivity contribution in [2.24, 2.45) is 13.0 Å². The second-order valence-corrected chi connectivity index (χ2v) is 3.07. The van der Waals surface area contributed by atoms with E-state index in [-0.39, 0.29) is 5.92 Å². The van der Waals surface area contributed by atoms with Crippen molar-refractivity contribution in [1.82, 2.24) is 9.78 Å². The Bertz CT molecular complexity index is 230. The standard InChI is InChI=1S/C8H14N2O/c1-6(2)8(11)7-4-5-9-10(7)3/h4-6,8,11H,1-3H3. The molecule has 3 heteroatoms. The minimum Gasteiger partial charge on any atom is -0.387 e. The van der Waals surface area contributed by atoms with E-state index in [9.17, 15) is 5.11 Å². The van der Waals surface area contributed by atoms with Gasteiger partial charge < -0.3 is 5.11 Å². The minimum atomic E-state index is -0.400. The van der Waals surface area contributed by atoms with E-state index in [1.165, 1.54) is 0 Å². The first kappa shape index (κ1) is 8.27. The van der Waals surface area contributed by atoms with Crippen LogP contribution >= 0.6 is 0 Å². The molecule has 1 aromatic heterocycles. The molecule has 1 N–H and O–H groups in total. The number of aliphatic hydroxyl groups is 1. The number of aliphatic hydroxyl groups excluding tert-OH is 1. The largest absolute Gasteiger partial charge is 0.387 e. The maximum absolute atomic E-state index is 9.61. The van der Waals surface area contributed by atoms with Crippen LogP contribution in [-0.4, -0.2) is 14.9 Å². The fraction of sp³-hybridized carbons (Fsp3) is 0.625. The highest BCUT2D eigenvalue weighted by Crippen LogP contribution is 2.19. The average Bonchev–Trinajstić information content (AvgIpc) is 2.33. The van der Waals surface area contributed by atoms with Crippen molar-refractivity contribution in [2.45, 2.75) is 20.0 Å². The number of rotatable bonds is 2. The molecule has 0 aromatic carbocycles. The zero-order chi connectivity index (χ0) is 8.43. The van der Waals surface area contributed by atoms with Gasteiger partial charge in [0.15, 0.2) is 0 Å². The highest BCUT2D eigenvalue weighted by Gasteiger charge is 2.14. The van der Waals surface area contributed by atoms with E-state index >= 15 is 0 Å². The molecule has 0 aliphatic heterocycles. The first-order chi connectivity index (χ1) is 5.13. The van der Waals surface area contributed by atoms with Crippen molar-refractivity contribution < 1.29 is 5.11 Å². The monoisotopic (exact) mass is 154 g/mol. The molecule has 3 nitrogen and oxygen atoms in total. The molecule has 0 radical (unpaired) electrons. The normalized spacial score (nSPS) is 13.9. The van der Waals surface area contributed by atoms with Crippen LogP contribution in [0.3, 0.4) is 0 Å². The summed E-state index contributed by atoms with van der Waals surface area (Å²) in [4.78, 5) is 0. The lowest BCUT2D eigenvalue weighted by Gasteiger charge is -2.13. The Labute approximate surface area is 66.7 Å². The molecule has 62 valence electrons. The van der Waals surface area contributed by atoms with Crippen molar-refractivity contribution in [3.63, 3.8) is 0 Å². The molecule has 0 amide bonds. The van der Waals surface area contributed by atoms with Crippen molar-refractivity contribution in [2.75, 3.05) is 0 Å². The predicted octanol–water partition coefficient (Wildman–Crippen LogP) is 1.11. The second-order valence-electron chi connectivity index (χ2n) is 3.07. The predicted molar refractivity (Wildman–Crippen MR) is 43.0 cm³/mol. The van der Waals surface area contributed by atoms with E-state index in [1.54, 1.807) is 10.9 Å². The first-order valence-corrected chi connectivity index (χ1v) is 3.79. The van der Waals surface area contributed by atoms with Gasteiger partial charge in [0.2, 0.25) is 0 Å². The van der Waals surface area contributed by atoms with E-state index in [1.807, 2.05) is 27.0 Å². The van der Waals surface area contributed by atoms with E-state index in [2.05, 4.69) is 5.10 Å². The van der Waals surface area contributed by atoms with Crippen LogP contribution in [0.5, 0.6) is 0 Å². The Balaban J connectivity index is 2.84. The van der Waals surface area contributed by atoms with Gasteiger partial charge in [-0.2, -0.15) is 5.10 Å². The molecule has 11 heavy (non-hydrogen) atoms. The molecule has 0 fully saturated rings. The van der Waals surface area contributed by atoms with Crippen LogP contribution in [0.4, 0.5) is 0 Å². The molecule has 1 rings (SSSR count). The van der Waals surface area contributed by atoms with Gasteiger partial charge in [0.25, 0.3) is 0 Å². The lowest BCUT2D eigenvalue weighted by molar-refractivity contribution is 0.118. The second kappa shape index (κ2) is 3.05. The molecule has 0 bridgehead atoms. The third-order valence-corrected chi connectivity index (χ3v) is 1.79. The van der Waals surface area contributed by atoms with Gasteiger partial charge in [-0.3, -0.25) is 4.68 Å². The molecule has 0 spiro atoms. The summed E-state index contributed by atoms with van der Waals surface area (Å²) in [6.07, 6.45) is 1.29. The highest BCUT2D eigenvalue weighted by atomic mass is 16.3. The molecule has 0 aliphatic carbocycles. The van der Waals surface area contributed by atoms with Gasteiger partial charge in [0.05, 0.1) is 11.8 Å². The summed E-state index contributed by atoms with van der Waals surface area (Å²) >= 11 is 0. The number of aromatic nitrogens is 2. The van der Waals surface area contributed by atoms with Gasteiger partial charge in [-0.15, -0.1) is 0 Å². The maximum Gasteiger partial charge on any atom is 0.0979 e. The van der Waals surface area contributed by atoms with Crippen LogP contribution in [0, 0.1) is 5.92 Å². The summed E-state index contributed by atoms with van der Waals surface area (Å²) < 4.78 is 1.70. The Hall–Kier alpha value is -0.830. The van der Waals surface area contributed by atoms with Crippen molar-refractivity contribution in [3.05, 3.63) is 18.0 Å². The van der Waals surface area contributed by atoms with E-state index in [0.717, 1.165) is 5.69 Å². The molecular formula is C8H14N2O. The van der Waals surface area contributed by atoms with Crippen LogP contribution in [0.15, 0.2) is 12.3 Å². The van der Waals surface area contributed by atoms with Crippen LogP contribution < -0.4 is 0 Å². The Kier molecular flexibility index (Phi) is 2.29. The van der Waals surface area contributed by atoms with Crippen molar-refractivity contribution in [1.29, 1.82) is 0 Å². The number of hydrogen-bond donors (Lipinski definition) is 1. The molecule has 0 saturated heterocycles. The summed E-state index contributed by atoms with van der Waals surface area (Å²) in [5.41, 5.74) is 0.875. The zero-order valence-electron chi connectivity index (χ0n) is 7.15. The summed E-state index contributed by atoms with van der Waals surface area (Å²) in [6.45, 7) is 3.97. The summed E-state index contributed by atoms with van der Waals surface area (Å²) in [5, 5.41) is 13.6. The number of nitrogens with zero attached hydrogens (tertiary/aromatic N) is 2. The Morgan fingerprint density at radius 3 is 2.55 bits per heavy atom. The number of hydrogen-bond acceptors (Lipinski definition) is 2. The lowest BCUT2D eigenvalue weighted by Crippen LogP contribution is -2.10. The Morgan fingerprint density at radius 1 is 1.55 bits per heavy atom. The molecule has 1 unspecified atom stereocenters. The Morgan fingerprint density at radius 2 is 2.18 bits per heavy atom. The highest BCUT2D eigenvalue weighted by molar-refractivity contribution is 5.04. The molecular weight excluding hydrogens is 140 g/mol. The maximum atomic E-state index is 9.61. The van der Waals surface area contributed by atoms with Crippen LogP contribution in [-0.2, 0) is 7.05 Å². The zero-order valence-corrected chi connectivity index (χ0v) is 7.15. The first-order valence-electron chi connectivity index (χ1n) is 3.79. The van der Waals surface area contributed by atoms with E-state index in [0.29, 0.717) is 0 Å². The van der Waals surface area contributed by atoms with Crippen molar-refractivity contribution in [3.8, 4) is 0 Å². The van der Waals surface area contributed by atoms with Crippen LogP contribution in [0.2, 0.25) is 0 Å². The van der Waals surface area contributed by atoms with Gasteiger partial charge in [-0.05, 0) is 12.0 Å². The third-order valence-electron chi connectivity index (χ3n) is 1.79. The number of aryl methyl sites for hydroxylation is 1. The summed E-state index contributed by atoms with van der Waals surface area (Å²) in [5.74, 6) is 0.241. The minimum absolute atomic E-state index is 0.241. The van der Waals surface area contributed by atoms with Gasteiger partial charge in [0, 0.05) is 13.2 Å². The van der Waals surface area contributed by atoms with Gasteiger partial charge in [-0.25, -0.2) is 0 Å². The van der Waals surface area contributed by atoms with E-state index in [4.69, 9.17) is 0 Å². The lowest BCUT2D eigenvalue weighted by atomic mass is 10.0. The summed E-state index contributed by atoms with van der Waals surface area (Å²) in [7, 11) is 1.83. The molecule has 0 saturated carbocycles. The molecule has 0 aliphatic rings. The average molecular weight is 154 g/mol.